The van der Waals surface area contributed by atoms with Crippen LogP contribution >= 0.6 is 12.2 Å². The Hall–Kier alpha value is -2.57. The highest BCUT2D eigenvalue weighted by Crippen LogP contribution is 2.31. The van der Waals surface area contributed by atoms with Crippen LogP contribution in [0.15, 0.2) is 59.0 Å². The standard InChI is InChI=1S/C22H24F4N4O2S2/c1-21(16-10-5-6-11-17(16)23,29-20(33)28-19(31)15-8-3-2-4-9-15)14-34(32)27-13-7-12-18(30-34)22(24,25)26/h2-6,8-11,18H,7,12-14H2,1H3,(H,27,30,32)(H2,28,29,31,33)/t18?,21-,34?/m0/s1. The molecule has 1 heterocycles. The lowest BCUT2D eigenvalue weighted by Gasteiger charge is -2.34. The van der Waals surface area contributed by atoms with Gasteiger partial charge in [0.15, 0.2) is 11.2 Å². The van der Waals surface area contributed by atoms with Crippen LogP contribution in [0.5, 0.6) is 0 Å². The van der Waals surface area contributed by atoms with Crippen molar-refractivity contribution >= 4 is 33.2 Å². The van der Waals surface area contributed by atoms with Gasteiger partial charge in [-0.2, -0.15) is 13.2 Å². The molecule has 0 spiro atoms. The molecule has 12 heteroatoms. The zero-order valence-corrected chi connectivity index (χ0v) is 19.8. The number of hydrogen-bond donors (Lipinski definition) is 3. The van der Waals surface area contributed by atoms with Crippen LogP contribution in [0.2, 0.25) is 0 Å². The second-order valence-corrected chi connectivity index (χ2v) is 10.5. The Morgan fingerprint density at radius 1 is 1.18 bits per heavy atom. The first kappa shape index (κ1) is 26.0. The van der Waals surface area contributed by atoms with Gasteiger partial charge in [-0.05, 0) is 50.2 Å². The largest absolute Gasteiger partial charge is 0.411 e. The van der Waals surface area contributed by atoms with E-state index in [0.717, 1.165) is 0 Å². The van der Waals surface area contributed by atoms with Crippen LogP contribution < -0.4 is 15.4 Å². The lowest BCUT2D eigenvalue weighted by atomic mass is 9.93. The van der Waals surface area contributed by atoms with E-state index in [-0.39, 0.29) is 30.1 Å². The summed E-state index contributed by atoms with van der Waals surface area (Å²) in [7, 11) is -3.65. The molecule has 1 amide bonds. The number of benzene rings is 2. The lowest BCUT2D eigenvalue weighted by molar-refractivity contribution is -0.147. The monoisotopic (exact) mass is 516 g/mol. The molecule has 1 aliphatic heterocycles. The molecule has 0 fully saturated rings. The third kappa shape index (κ3) is 6.51. The molecule has 2 unspecified atom stereocenters. The molecule has 34 heavy (non-hydrogen) atoms. The summed E-state index contributed by atoms with van der Waals surface area (Å²) in [5.74, 6) is -1.75. The summed E-state index contributed by atoms with van der Waals surface area (Å²) in [4.78, 5) is 12.5. The van der Waals surface area contributed by atoms with Gasteiger partial charge in [0.25, 0.3) is 5.91 Å². The average molecular weight is 517 g/mol. The summed E-state index contributed by atoms with van der Waals surface area (Å²) in [6, 6.07) is 11.6. The molecule has 184 valence electrons. The first-order valence-electron chi connectivity index (χ1n) is 10.4. The maximum Gasteiger partial charge on any atom is 0.411 e. The van der Waals surface area contributed by atoms with Gasteiger partial charge in [-0.25, -0.2) is 17.7 Å². The van der Waals surface area contributed by atoms with E-state index in [0.29, 0.717) is 5.56 Å². The van der Waals surface area contributed by atoms with Gasteiger partial charge in [-0.1, -0.05) is 36.4 Å². The highest BCUT2D eigenvalue weighted by atomic mass is 32.2. The van der Waals surface area contributed by atoms with Gasteiger partial charge >= 0.3 is 6.18 Å². The number of nitrogens with zero attached hydrogens (tertiary/aromatic N) is 1. The minimum Gasteiger partial charge on any atom is -0.352 e. The van der Waals surface area contributed by atoms with E-state index in [1.807, 2.05) is 0 Å². The van der Waals surface area contributed by atoms with Crippen molar-refractivity contribution in [2.75, 3.05) is 12.3 Å². The van der Waals surface area contributed by atoms with Crippen molar-refractivity contribution in [2.24, 2.45) is 4.36 Å². The van der Waals surface area contributed by atoms with E-state index in [1.165, 1.54) is 31.2 Å². The minimum atomic E-state index is -4.66. The summed E-state index contributed by atoms with van der Waals surface area (Å²) in [5.41, 5.74) is -1.24. The van der Waals surface area contributed by atoms with Crippen LogP contribution in [0.25, 0.3) is 0 Å². The van der Waals surface area contributed by atoms with E-state index in [9.17, 15) is 26.6 Å². The van der Waals surface area contributed by atoms with E-state index in [1.54, 1.807) is 30.3 Å². The first-order chi connectivity index (χ1) is 15.9. The Balaban J connectivity index is 1.94. The Labute approximate surface area is 200 Å². The van der Waals surface area contributed by atoms with Gasteiger partial charge < -0.3 is 5.32 Å². The number of carbonyl (C=O) groups is 1. The van der Waals surface area contributed by atoms with Crippen LogP contribution in [0, 0.1) is 5.82 Å². The normalized spacial score (nSPS) is 22.6. The van der Waals surface area contributed by atoms with E-state index >= 15 is 0 Å². The summed E-state index contributed by atoms with van der Waals surface area (Å²) < 4.78 is 74.8. The summed E-state index contributed by atoms with van der Waals surface area (Å²) in [5, 5.41) is 5.06. The topological polar surface area (TPSA) is 82.6 Å². The molecule has 0 saturated carbocycles. The third-order valence-corrected chi connectivity index (χ3v) is 7.69. The smallest absolute Gasteiger partial charge is 0.352 e. The fraction of sp³-hybridized carbons (Fsp3) is 0.364. The number of alkyl halides is 3. The van der Waals surface area contributed by atoms with Crippen LogP contribution in [-0.2, 0) is 15.5 Å². The van der Waals surface area contributed by atoms with Crippen molar-refractivity contribution in [1.29, 1.82) is 0 Å². The van der Waals surface area contributed by atoms with Gasteiger partial charge in [0.2, 0.25) is 0 Å². The highest BCUT2D eigenvalue weighted by Gasteiger charge is 2.43. The molecule has 0 aromatic heterocycles. The minimum absolute atomic E-state index is 0.0128. The van der Waals surface area contributed by atoms with Crippen LogP contribution in [-0.4, -0.2) is 39.7 Å². The number of hydrogen-bond acceptors (Lipinski definition) is 4. The summed E-state index contributed by atoms with van der Waals surface area (Å²) in [6.45, 7) is 1.50. The maximum absolute atomic E-state index is 14.8. The highest BCUT2D eigenvalue weighted by molar-refractivity contribution is 7.91. The predicted molar refractivity (Wildman–Crippen MR) is 126 cm³/mol. The molecule has 3 N–H and O–H groups in total. The first-order valence-corrected chi connectivity index (χ1v) is 12.5. The van der Waals surface area contributed by atoms with Gasteiger partial charge in [0.05, 0.1) is 11.3 Å². The lowest BCUT2D eigenvalue weighted by Crippen LogP contribution is -2.54. The van der Waals surface area contributed by atoms with E-state index < -0.39 is 45.1 Å². The van der Waals surface area contributed by atoms with Crippen molar-refractivity contribution in [3.05, 3.63) is 71.5 Å². The number of rotatable bonds is 5. The molecular weight excluding hydrogens is 492 g/mol. The van der Waals surface area contributed by atoms with Crippen molar-refractivity contribution in [2.45, 2.75) is 37.5 Å². The molecule has 0 aliphatic carbocycles. The van der Waals surface area contributed by atoms with Gasteiger partial charge in [-0.3, -0.25) is 10.1 Å². The Bertz CT molecular complexity index is 1170. The van der Waals surface area contributed by atoms with E-state index in [4.69, 9.17) is 12.2 Å². The molecular formula is C22H24F4N4O2S2. The molecule has 1 aliphatic rings. The molecule has 3 rings (SSSR count). The van der Waals surface area contributed by atoms with Gasteiger partial charge in [-0.15, -0.1) is 0 Å². The van der Waals surface area contributed by atoms with Crippen molar-refractivity contribution in [1.82, 2.24) is 15.4 Å². The fourth-order valence-electron chi connectivity index (χ4n) is 3.66. The number of carbonyl (C=O) groups excluding carboxylic acids is 1. The molecule has 6 nitrogen and oxygen atoms in total. The second kappa shape index (κ2) is 10.4. The average Bonchev–Trinajstić information content (AvgIpc) is 2.95. The molecule has 0 bridgehead atoms. The van der Waals surface area contributed by atoms with Gasteiger partial charge in [0, 0.05) is 17.7 Å². The Morgan fingerprint density at radius 2 is 1.82 bits per heavy atom. The molecule has 3 atom stereocenters. The predicted octanol–water partition coefficient (Wildman–Crippen LogP) is 4.04. The maximum atomic E-state index is 14.8. The SMILES string of the molecule is C[C@@](CS1(=O)=NC(C(F)(F)F)CCCN1)(NC(=S)NC(=O)c1ccccc1)c1ccccc1F. The van der Waals surface area contributed by atoms with Crippen molar-refractivity contribution in [3.8, 4) is 0 Å². The second-order valence-electron chi connectivity index (χ2n) is 8.07. The summed E-state index contributed by atoms with van der Waals surface area (Å²) in [6.07, 6.45) is -4.83. The van der Waals surface area contributed by atoms with Crippen molar-refractivity contribution < 1.29 is 26.6 Å². The molecule has 0 saturated heterocycles. The number of nitrogens with one attached hydrogen (secondary N) is 3. The van der Waals surface area contributed by atoms with Crippen LogP contribution in [0.1, 0.15) is 35.7 Å². The number of halogens is 4. The van der Waals surface area contributed by atoms with Gasteiger partial charge in [0.1, 0.15) is 15.7 Å². The van der Waals surface area contributed by atoms with Crippen LogP contribution in [0.4, 0.5) is 17.6 Å². The zero-order valence-electron chi connectivity index (χ0n) is 18.2. The van der Waals surface area contributed by atoms with E-state index in [2.05, 4.69) is 19.7 Å². The third-order valence-electron chi connectivity index (χ3n) is 5.26. The molecule has 0 radical (unpaired) electrons. The Morgan fingerprint density at radius 3 is 2.47 bits per heavy atom. The summed E-state index contributed by atoms with van der Waals surface area (Å²) >= 11 is 5.25. The quantitative estimate of drug-likeness (QED) is 0.414. The van der Waals surface area contributed by atoms with Crippen molar-refractivity contribution in [3.63, 3.8) is 0 Å². The van der Waals surface area contributed by atoms with Crippen LogP contribution in [0.3, 0.4) is 0 Å². The molecule has 2 aromatic carbocycles. The zero-order chi connectivity index (χ0) is 25.0. The number of amides is 1. The Kier molecular flexibility index (Phi) is 7.94. The number of thiocarbonyl (C=S) groups is 1. The fourth-order valence-corrected chi connectivity index (χ4v) is 6.34. The molecule has 2 aromatic rings.